The molecule has 2 heterocycles. The number of nitrogens with zero attached hydrogens (tertiary/aromatic N) is 3. The van der Waals surface area contributed by atoms with Gasteiger partial charge in [0.25, 0.3) is 0 Å². The molecular formula is C16H19N3O4. The molecule has 2 aromatic rings. The highest BCUT2D eigenvalue weighted by molar-refractivity contribution is 5.70. The summed E-state index contributed by atoms with van der Waals surface area (Å²) in [7, 11) is 0. The molecule has 1 aromatic carbocycles. The largest absolute Gasteiger partial charge is 0.494 e. The first-order chi connectivity index (χ1) is 11.2. The lowest BCUT2D eigenvalue weighted by atomic mass is 10.1. The highest BCUT2D eigenvalue weighted by atomic mass is 16.5. The molecule has 1 aliphatic heterocycles. The number of aliphatic carboxylic acids is 1. The predicted octanol–water partition coefficient (Wildman–Crippen LogP) is 2.04. The predicted molar refractivity (Wildman–Crippen MR) is 81.9 cm³/mol. The zero-order valence-electron chi connectivity index (χ0n) is 12.9. The molecule has 7 heteroatoms. The van der Waals surface area contributed by atoms with Crippen LogP contribution >= 0.6 is 0 Å². The van der Waals surface area contributed by atoms with Crippen molar-refractivity contribution >= 4 is 5.97 Å². The van der Waals surface area contributed by atoms with E-state index in [2.05, 4.69) is 10.1 Å². The monoisotopic (exact) mass is 317 g/mol. The number of hydrogen-bond acceptors (Lipinski definition) is 6. The number of carboxylic acid groups (broad SMARTS) is 1. The highest BCUT2D eigenvalue weighted by Gasteiger charge is 2.28. The van der Waals surface area contributed by atoms with Crippen LogP contribution in [0, 0.1) is 5.92 Å². The van der Waals surface area contributed by atoms with E-state index in [1.165, 1.54) is 0 Å². The average Bonchev–Trinajstić information content (AvgIpc) is 3.18. The molecule has 1 atom stereocenters. The number of likely N-dealkylation sites (tertiary alicyclic amines) is 1. The van der Waals surface area contributed by atoms with E-state index in [4.69, 9.17) is 14.4 Å². The van der Waals surface area contributed by atoms with Crippen LogP contribution in [0.15, 0.2) is 28.8 Å². The molecule has 0 bridgehead atoms. The van der Waals surface area contributed by atoms with Crippen LogP contribution in [0.5, 0.6) is 5.75 Å². The molecule has 1 aromatic heterocycles. The van der Waals surface area contributed by atoms with Crippen molar-refractivity contribution in [2.75, 3.05) is 19.7 Å². The van der Waals surface area contributed by atoms with Gasteiger partial charge in [-0.05, 0) is 44.2 Å². The smallest absolute Gasteiger partial charge is 0.307 e. The Morgan fingerprint density at radius 1 is 1.43 bits per heavy atom. The van der Waals surface area contributed by atoms with E-state index in [1.54, 1.807) is 0 Å². The summed E-state index contributed by atoms with van der Waals surface area (Å²) < 4.78 is 10.7. The molecule has 122 valence electrons. The molecule has 0 saturated carbocycles. The highest BCUT2D eigenvalue weighted by Crippen LogP contribution is 2.22. The first kappa shape index (κ1) is 15.5. The van der Waals surface area contributed by atoms with E-state index in [9.17, 15) is 4.79 Å². The minimum atomic E-state index is -0.742. The van der Waals surface area contributed by atoms with Crippen molar-refractivity contribution in [2.24, 2.45) is 5.92 Å². The average molecular weight is 317 g/mol. The van der Waals surface area contributed by atoms with Gasteiger partial charge in [-0.15, -0.1) is 0 Å². The van der Waals surface area contributed by atoms with Gasteiger partial charge in [-0.2, -0.15) is 4.98 Å². The van der Waals surface area contributed by atoms with E-state index in [1.807, 2.05) is 36.1 Å². The quantitative estimate of drug-likeness (QED) is 0.872. The third-order valence-corrected chi connectivity index (χ3v) is 3.87. The Morgan fingerprint density at radius 2 is 2.22 bits per heavy atom. The zero-order chi connectivity index (χ0) is 16.2. The van der Waals surface area contributed by atoms with Crippen molar-refractivity contribution in [1.29, 1.82) is 0 Å². The Balaban J connectivity index is 1.63. The molecule has 0 amide bonds. The number of hydrogen-bond donors (Lipinski definition) is 1. The van der Waals surface area contributed by atoms with Gasteiger partial charge in [0.15, 0.2) is 0 Å². The maximum absolute atomic E-state index is 11.0. The van der Waals surface area contributed by atoms with Crippen molar-refractivity contribution < 1.29 is 19.2 Å². The Labute approximate surface area is 133 Å². The zero-order valence-corrected chi connectivity index (χ0v) is 12.9. The molecule has 0 spiro atoms. The molecular weight excluding hydrogens is 298 g/mol. The lowest BCUT2D eigenvalue weighted by Crippen LogP contribution is -2.22. The summed E-state index contributed by atoms with van der Waals surface area (Å²) in [5.74, 6) is 0.783. The topological polar surface area (TPSA) is 88.7 Å². The number of ether oxygens (including phenoxy) is 1. The van der Waals surface area contributed by atoms with Crippen LogP contribution < -0.4 is 4.74 Å². The number of rotatable bonds is 6. The molecule has 0 radical (unpaired) electrons. The fraction of sp³-hybridized carbons (Fsp3) is 0.438. The molecule has 1 unspecified atom stereocenters. The molecule has 7 nitrogen and oxygen atoms in total. The second-order valence-corrected chi connectivity index (χ2v) is 5.53. The molecule has 0 aliphatic carbocycles. The second-order valence-electron chi connectivity index (χ2n) is 5.53. The summed E-state index contributed by atoms with van der Waals surface area (Å²) in [5, 5.41) is 13.0. The summed E-state index contributed by atoms with van der Waals surface area (Å²) in [6.45, 7) is 4.30. The van der Waals surface area contributed by atoms with Crippen LogP contribution in [0.1, 0.15) is 19.2 Å². The van der Waals surface area contributed by atoms with Crippen LogP contribution in [-0.4, -0.2) is 45.8 Å². The summed E-state index contributed by atoms with van der Waals surface area (Å²) in [4.78, 5) is 17.4. The lowest BCUT2D eigenvalue weighted by Gasteiger charge is -2.11. The molecule has 1 N–H and O–H groups in total. The van der Waals surface area contributed by atoms with Crippen molar-refractivity contribution in [3.05, 3.63) is 30.2 Å². The van der Waals surface area contributed by atoms with E-state index < -0.39 is 5.97 Å². The Bertz CT molecular complexity index is 668. The Hall–Kier alpha value is -2.41. The SMILES string of the molecule is CCOc1ccc(-c2noc(CN3CCC(C(=O)O)C3)n2)cc1. The van der Waals surface area contributed by atoms with Crippen molar-refractivity contribution in [3.8, 4) is 17.1 Å². The standard InChI is InChI=1S/C16H19N3O4/c1-2-22-13-5-3-11(4-6-13)15-17-14(23-18-15)10-19-8-7-12(9-19)16(20)21/h3-6,12H,2,7-10H2,1H3,(H,20,21). The van der Waals surface area contributed by atoms with E-state index in [-0.39, 0.29) is 5.92 Å². The Kier molecular flexibility index (Phi) is 4.57. The number of carboxylic acids is 1. The third-order valence-electron chi connectivity index (χ3n) is 3.87. The van der Waals surface area contributed by atoms with E-state index >= 15 is 0 Å². The summed E-state index contributed by atoms with van der Waals surface area (Å²) in [5.41, 5.74) is 0.855. The molecule has 1 saturated heterocycles. The van der Waals surface area contributed by atoms with E-state index in [0.717, 1.165) is 17.9 Å². The number of carbonyl (C=O) groups is 1. The van der Waals surface area contributed by atoms with Crippen molar-refractivity contribution in [1.82, 2.24) is 15.0 Å². The van der Waals surface area contributed by atoms with Crippen LogP contribution in [0.25, 0.3) is 11.4 Å². The van der Waals surface area contributed by atoms with Crippen LogP contribution in [0.3, 0.4) is 0 Å². The fourth-order valence-electron chi connectivity index (χ4n) is 2.67. The molecule has 1 fully saturated rings. The van der Waals surface area contributed by atoms with E-state index in [0.29, 0.717) is 37.8 Å². The Morgan fingerprint density at radius 3 is 2.87 bits per heavy atom. The second kappa shape index (κ2) is 6.78. The summed E-state index contributed by atoms with van der Waals surface area (Å²) in [6, 6.07) is 7.51. The van der Waals surface area contributed by atoms with Gasteiger partial charge >= 0.3 is 5.97 Å². The maximum Gasteiger partial charge on any atom is 0.307 e. The molecule has 1 aliphatic rings. The lowest BCUT2D eigenvalue weighted by molar-refractivity contribution is -0.141. The first-order valence-electron chi connectivity index (χ1n) is 7.66. The minimum Gasteiger partial charge on any atom is -0.494 e. The molecule has 23 heavy (non-hydrogen) atoms. The van der Waals surface area contributed by atoms with Crippen molar-refractivity contribution in [2.45, 2.75) is 19.9 Å². The van der Waals surface area contributed by atoms with Crippen LogP contribution in [-0.2, 0) is 11.3 Å². The van der Waals surface area contributed by atoms with Gasteiger partial charge in [0, 0.05) is 12.1 Å². The van der Waals surface area contributed by atoms with Gasteiger partial charge in [0.1, 0.15) is 5.75 Å². The number of aromatic nitrogens is 2. The van der Waals surface area contributed by atoms with Gasteiger partial charge in [0.05, 0.1) is 19.1 Å². The minimum absolute atomic E-state index is 0.302. The normalized spacial score (nSPS) is 18.2. The van der Waals surface area contributed by atoms with Crippen LogP contribution in [0.2, 0.25) is 0 Å². The number of benzene rings is 1. The molecule has 3 rings (SSSR count). The van der Waals surface area contributed by atoms with Crippen molar-refractivity contribution in [3.63, 3.8) is 0 Å². The van der Waals surface area contributed by atoms with Gasteiger partial charge < -0.3 is 14.4 Å². The third kappa shape index (κ3) is 3.68. The van der Waals surface area contributed by atoms with Gasteiger partial charge in [-0.1, -0.05) is 5.16 Å². The fourth-order valence-corrected chi connectivity index (χ4v) is 2.67. The van der Waals surface area contributed by atoms with Crippen LogP contribution in [0.4, 0.5) is 0 Å². The maximum atomic E-state index is 11.0. The van der Waals surface area contributed by atoms with Gasteiger partial charge in [-0.25, -0.2) is 0 Å². The summed E-state index contributed by atoms with van der Waals surface area (Å²) >= 11 is 0. The van der Waals surface area contributed by atoms with Gasteiger partial charge in [-0.3, -0.25) is 9.69 Å². The van der Waals surface area contributed by atoms with Gasteiger partial charge in [0.2, 0.25) is 11.7 Å². The summed E-state index contributed by atoms with van der Waals surface area (Å²) in [6.07, 6.45) is 0.662. The first-order valence-corrected chi connectivity index (χ1v) is 7.66.